The van der Waals surface area contributed by atoms with Crippen molar-refractivity contribution in [3.63, 3.8) is 0 Å². The number of likely N-dealkylation sites (tertiary alicyclic amines) is 1. The maximum atomic E-state index is 12.4. The number of rotatable bonds is 3. The molecule has 1 heterocycles. The molecule has 108 valence electrons. The Labute approximate surface area is 117 Å². The molecule has 1 aliphatic heterocycles. The van der Waals surface area contributed by atoms with E-state index in [2.05, 4.69) is 6.92 Å². The second-order valence-corrected chi connectivity index (χ2v) is 5.75. The topological polar surface area (TPSA) is 89.5 Å². The number of nitro groups is 1. The highest BCUT2D eigenvalue weighted by Crippen LogP contribution is 2.30. The number of hydrogen-bond acceptors (Lipinski definition) is 4. The van der Waals surface area contributed by atoms with Crippen LogP contribution in [0.4, 0.5) is 5.69 Å². The predicted molar refractivity (Wildman–Crippen MR) is 75.5 cm³/mol. The number of nitro benzene ring substituents is 1. The monoisotopic (exact) mass is 277 g/mol. The lowest BCUT2D eigenvalue weighted by atomic mass is 9.90. The summed E-state index contributed by atoms with van der Waals surface area (Å²) in [4.78, 5) is 24.6. The molecule has 1 atom stereocenters. The van der Waals surface area contributed by atoms with Gasteiger partial charge in [-0.05, 0) is 31.4 Å². The van der Waals surface area contributed by atoms with Gasteiger partial charge in [-0.15, -0.1) is 0 Å². The molecular weight excluding hydrogens is 258 g/mol. The Morgan fingerprint density at radius 3 is 2.80 bits per heavy atom. The minimum Gasteiger partial charge on any atom is -0.338 e. The molecule has 1 unspecified atom stereocenters. The Morgan fingerprint density at radius 2 is 2.25 bits per heavy atom. The second kappa shape index (κ2) is 5.20. The Morgan fingerprint density at radius 1 is 1.55 bits per heavy atom. The van der Waals surface area contributed by atoms with Crippen LogP contribution in [0.3, 0.4) is 0 Å². The van der Waals surface area contributed by atoms with Crippen molar-refractivity contribution in [2.45, 2.75) is 20.3 Å². The molecule has 1 aromatic rings. The lowest BCUT2D eigenvalue weighted by Gasteiger charge is -2.22. The third-order valence-corrected chi connectivity index (χ3v) is 3.99. The summed E-state index contributed by atoms with van der Waals surface area (Å²) in [6, 6.07) is 4.61. The molecule has 2 N–H and O–H groups in total. The van der Waals surface area contributed by atoms with E-state index in [1.54, 1.807) is 24.0 Å². The Balaban J connectivity index is 2.23. The second-order valence-electron chi connectivity index (χ2n) is 5.75. The van der Waals surface area contributed by atoms with Gasteiger partial charge in [-0.25, -0.2) is 0 Å². The van der Waals surface area contributed by atoms with Crippen LogP contribution >= 0.6 is 0 Å². The van der Waals surface area contributed by atoms with Gasteiger partial charge in [0.2, 0.25) is 0 Å². The fourth-order valence-electron chi connectivity index (χ4n) is 2.49. The Hall–Kier alpha value is -1.95. The molecule has 1 aromatic carbocycles. The quantitative estimate of drug-likeness (QED) is 0.672. The van der Waals surface area contributed by atoms with Gasteiger partial charge in [0.1, 0.15) is 0 Å². The maximum absolute atomic E-state index is 12.4. The molecule has 6 heteroatoms. The standard InChI is InChI=1S/C14H19N3O3/c1-10-3-4-11(7-12(10)17(19)20)13(18)16-6-5-14(2,8-15)9-16/h3-4,7H,5-6,8-9,15H2,1-2H3. The van der Waals surface area contributed by atoms with Gasteiger partial charge in [-0.2, -0.15) is 0 Å². The first-order valence-electron chi connectivity index (χ1n) is 6.61. The first-order chi connectivity index (χ1) is 9.36. The van der Waals surface area contributed by atoms with Gasteiger partial charge < -0.3 is 10.6 Å². The molecule has 1 amide bonds. The molecule has 2 rings (SSSR count). The highest BCUT2D eigenvalue weighted by Gasteiger charge is 2.35. The molecule has 0 bridgehead atoms. The number of aryl methyl sites for hydroxylation is 1. The predicted octanol–water partition coefficient (Wildman–Crippen LogP) is 1.71. The van der Waals surface area contributed by atoms with E-state index in [9.17, 15) is 14.9 Å². The zero-order valence-electron chi connectivity index (χ0n) is 11.8. The highest BCUT2D eigenvalue weighted by molar-refractivity contribution is 5.95. The number of carbonyl (C=O) groups is 1. The summed E-state index contributed by atoms with van der Waals surface area (Å²) in [7, 11) is 0. The average Bonchev–Trinajstić information content (AvgIpc) is 2.81. The largest absolute Gasteiger partial charge is 0.338 e. The Bertz CT molecular complexity index is 559. The van der Waals surface area contributed by atoms with Gasteiger partial charge in [-0.1, -0.05) is 13.0 Å². The van der Waals surface area contributed by atoms with Crippen LogP contribution in [-0.4, -0.2) is 35.4 Å². The van der Waals surface area contributed by atoms with Crippen molar-refractivity contribution in [1.82, 2.24) is 4.90 Å². The van der Waals surface area contributed by atoms with Gasteiger partial charge in [0.25, 0.3) is 11.6 Å². The smallest absolute Gasteiger partial charge is 0.273 e. The molecule has 0 aliphatic carbocycles. The van der Waals surface area contributed by atoms with Crippen molar-refractivity contribution in [2.75, 3.05) is 19.6 Å². The third kappa shape index (κ3) is 2.65. The molecule has 1 fully saturated rings. The molecule has 0 aromatic heterocycles. The van der Waals surface area contributed by atoms with Gasteiger partial charge in [-0.3, -0.25) is 14.9 Å². The van der Waals surface area contributed by atoms with E-state index in [0.717, 1.165) is 6.42 Å². The van der Waals surface area contributed by atoms with Gasteiger partial charge in [0.15, 0.2) is 0 Å². The zero-order chi connectivity index (χ0) is 14.9. The molecule has 20 heavy (non-hydrogen) atoms. The summed E-state index contributed by atoms with van der Waals surface area (Å²) < 4.78 is 0. The van der Waals surface area contributed by atoms with Crippen LogP contribution in [0.25, 0.3) is 0 Å². The number of nitrogens with zero attached hydrogens (tertiary/aromatic N) is 2. The summed E-state index contributed by atoms with van der Waals surface area (Å²) in [5, 5.41) is 10.9. The van der Waals surface area contributed by atoms with Crippen molar-refractivity contribution in [2.24, 2.45) is 11.1 Å². The van der Waals surface area contributed by atoms with Crippen molar-refractivity contribution >= 4 is 11.6 Å². The van der Waals surface area contributed by atoms with Crippen LogP contribution < -0.4 is 5.73 Å². The van der Waals surface area contributed by atoms with Gasteiger partial charge >= 0.3 is 0 Å². The fourth-order valence-corrected chi connectivity index (χ4v) is 2.49. The number of hydrogen-bond donors (Lipinski definition) is 1. The highest BCUT2D eigenvalue weighted by atomic mass is 16.6. The summed E-state index contributed by atoms with van der Waals surface area (Å²) in [6.45, 7) is 5.49. The van der Waals surface area contributed by atoms with E-state index in [1.807, 2.05) is 0 Å². The minimum absolute atomic E-state index is 0.0170. The van der Waals surface area contributed by atoms with E-state index in [-0.39, 0.29) is 17.0 Å². The van der Waals surface area contributed by atoms with Crippen molar-refractivity contribution < 1.29 is 9.72 Å². The van der Waals surface area contributed by atoms with E-state index in [1.165, 1.54) is 6.07 Å². The van der Waals surface area contributed by atoms with E-state index in [0.29, 0.717) is 30.8 Å². The van der Waals surface area contributed by atoms with Crippen LogP contribution in [0, 0.1) is 22.5 Å². The normalized spacial score (nSPS) is 22.1. The summed E-state index contributed by atoms with van der Waals surface area (Å²) in [6.07, 6.45) is 0.864. The van der Waals surface area contributed by atoms with Crippen LogP contribution in [0.15, 0.2) is 18.2 Å². The summed E-state index contributed by atoms with van der Waals surface area (Å²) in [5.41, 5.74) is 6.58. The first kappa shape index (κ1) is 14.5. The third-order valence-electron chi connectivity index (χ3n) is 3.99. The van der Waals surface area contributed by atoms with Crippen molar-refractivity contribution in [3.8, 4) is 0 Å². The molecule has 6 nitrogen and oxygen atoms in total. The number of benzene rings is 1. The number of carbonyl (C=O) groups excluding carboxylic acids is 1. The van der Waals surface area contributed by atoms with Crippen LogP contribution in [-0.2, 0) is 0 Å². The first-order valence-corrected chi connectivity index (χ1v) is 6.61. The number of nitrogens with two attached hydrogens (primary N) is 1. The molecule has 0 saturated carbocycles. The molecule has 0 radical (unpaired) electrons. The van der Waals surface area contributed by atoms with Crippen LogP contribution in [0.1, 0.15) is 29.3 Å². The zero-order valence-corrected chi connectivity index (χ0v) is 11.8. The number of amides is 1. The van der Waals surface area contributed by atoms with Gasteiger partial charge in [0, 0.05) is 30.3 Å². The van der Waals surface area contributed by atoms with Crippen LogP contribution in [0.2, 0.25) is 0 Å². The summed E-state index contributed by atoms with van der Waals surface area (Å²) >= 11 is 0. The van der Waals surface area contributed by atoms with E-state index in [4.69, 9.17) is 5.73 Å². The molecule has 1 saturated heterocycles. The maximum Gasteiger partial charge on any atom is 0.273 e. The molecule has 1 aliphatic rings. The lowest BCUT2D eigenvalue weighted by Crippen LogP contribution is -2.34. The van der Waals surface area contributed by atoms with Crippen molar-refractivity contribution in [3.05, 3.63) is 39.4 Å². The summed E-state index contributed by atoms with van der Waals surface area (Å²) in [5.74, 6) is -0.162. The van der Waals surface area contributed by atoms with Crippen molar-refractivity contribution in [1.29, 1.82) is 0 Å². The van der Waals surface area contributed by atoms with Gasteiger partial charge in [0.05, 0.1) is 4.92 Å². The molecular formula is C14H19N3O3. The minimum atomic E-state index is -0.458. The SMILES string of the molecule is Cc1ccc(C(=O)N2CCC(C)(CN)C2)cc1[N+](=O)[O-]. The average molecular weight is 277 g/mol. The van der Waals surface area contributed by atoms with Crippen LogP contribution in [0.5, 0.6) is 0 Å². The Kier molecular flexibility index (Phi) is 3.76. The van der Waals surface area contributed by atoms with E-state index >= 15 is 0 Å². The van der Waals surface area contributed by atoms with E-state index < -0.39 is 4.92 Å². The fraction of sp³-hybridized carbons (Fsp3) is 0.500. The molecule has 0 spiro atoms. The lowest BCUT2D eigenvalue weighted by molar-refractivity contribution is -0.385.